The molecule has 2 aromatic carbocycles. The molecule has 10 nitrogen and oxygen atoms in total. The van der Waals surface area contributed by atoms with E-state index in [0.29, 0.717) is 30.1 Å². The number of amides is 2. The molecule has 236 valence electrons. The average molecular weight is 626 g/mol. The van der Waals surface area contributed by atoms with Crippen LogP contribution in [0.2, 0.25) is 25.7 Å². The van der Waals surface area contributed by atoms with Gasteiger partial charge in [-0.05, 0) is 79.8 Å². The second kappa shape index (κ2) is 13.2. The number of ether oxygens (including phenoxy) is 1. The second-order valence-corrected chi connectivity index (χ2v) is 18.5. The van der Waals surface area contributed by atoms with E-state index < -0.39 is 14.1 Å². The van der Waals surface area contributed by atoms with E-state index >= 15 is 0 Å². The standard InChI is InChI=1S/C34H41N7O3Si.H2/c1-22-31(23(2)41(39-22)21-44-17-18-45(4,5)6)26-9-12-27(13-10-26)37-34(43)32(38-33(42)30-15-16-36-40(30)3)28-14-11-25-8-7-24(20-35)19-29(25)28;/h7-10,12-13,15-16,19,28,32H,11,14,17-18,21H2,1-6H3,(H,37,43)(H,38,42);1H/t28-,32-;/m0./s1. The highest BCUT2D eigenvalue weighted by atomic mass is 28.3. The number of anilines is 1. The van der Waals surface area contributed by atoms with Crippen molar-refractivity contribution >= 4 is 25.6 Å². The van der Waals surface area contributed by atoms with Gasteiger partial charge >= 0.3 is 0 Å². The van der Waals surface area contributed by atoms with Gasteiger partial charge in [-0.15, -0.1) is 0 Å². The lowest BCUT2D eigenvalue weighted by Crippen LogP contribution is -2.47. The van der Waals surface area contributed by atoms with E-state index in [-0.39, 0.29) is 19.2 Å². The number of fused-ring (bicyclic) bond motifs is 1. The topological polar surface area (TPSA) is 127 Å². The van der Waals surface area contributed by atoms with Gasteiger partial charge in [0.05, 0.1) is 17.3 Å². The highest BCUT2D eigenvalue weighted by Gasteiger charge is 2.36. The molecule has 1 aliphatic rings. The van der Waals surface area contributed by atoms with Gasteiger partial charge in [0, 0.05) is 52.2 Å². The molecule has 2 atom stereocenters. The van der Waals surface area contributed by atoms with E-state index in [1.165, 1.54) is 4.68 Å². The van der Waals surface area contributed by atoms with Crippen molar-refractivity contribution in [3.05, 3.63) is 88.5 Å². The number of benzene rings is 2. The maximum absolute atomic E-state index is 13.9. The number of hydrogen-bond acceptors (Lipinski definition) is 6. The smallest absolute Gasteiger partial charge is 0.270 e. The summed E-state index contributed by atoms with van der Waals surface area (Å²) in [6.07, 6.45) is 2.99. The minimum absolute atomic E-state index is 0. The molecule has 2 heterocycles. The molecule has 2 N–H and O–H groups in total. The van der Waals surface area contributed by atoms with Crippen molar-refractivity contribution in [1.82, 2.24) is 24.9 Å². The number of nitriles is 1. The Morgan fingerprint density at radius 1 is 1.16 bits per heavy atom. The predicted molar refractivity (Wildman–Crippen MR) is 179 cm³/mol. The van der Waals surface area contributed by atoms with Crippen LogP contribution in [0.15, 0.2) is 54.7 Å². The molecule has 45 heavy (non-hydrogen) atoms. The lowest BCUT2D eigenvalue weighted by atomic mass is 9.91. The zero-order chi connectivity index (χ0) is 32.3. The Kier molecular flexibility index (Phi) is 9.36. The molecule has 2 amide bonds. The predicted octanol–water partition coefficient (Wildman–Crippen LogP) is 5.80. The van der Waals surface area contributed by atoms with Crippen LogP contribution in [0.25, 0.3) is 11.1 Å². The van der Waals surface area contributed by atoms with Crippen LogP contribution < -0.4 is 10.6 Å². The fraction of sp³-hybridized carbons (Fsp3) is 0.382. The molecule has 0 saturated carbocycles. The molecule has 0 spiro atoms. The molecule has 4 aromatic rings. The third kappa shape index (κ3) is 7.24. The number of rotatable bonds is 11. The molecule has 0 unspecified atom stereocenters. The Bertz CT molecular complexity index is 1750. The number of aryl methyl sites for hydroxylation is 3. The molecule has 0 radical (unpaired) electrons. The van der Waals surface area contributed by atoms with Gasteiger partial charge in [-0.1, -0.05) is 37.8 Å². The molecule has 0 aliphatic heterocycles. The van der Waals surface area contributed by atoms with Gasteiger partial charge in [0.15, 0.2) is 0 Å². The van der Waals surface area contributed by atoms with Crippen LogP contribution >= 0.6 is 0 Å². The highest BCUT2D eigenvalue weighted by molar-refractivity contribution is 6.76. The van der Waals surface area contributed by atoms with Crippen LogP contribution in [0.4, 0.5) is 5.69 Å². The Balaban J connectivity index is 0.00000480. The largest absolute Gasteiger partial charge is 0.360 e. The summed E-state index contributed by atoms with van der Waals surface area (Å²) in [6.45, 7) is 12.2. The van der Waals surface area contributed by atoms with Gasteiger partial charge in [-0.3, -0.25) is 14.3 Å². The number of carbonyl (C=O) groups is 2. The van der Waals surface area contributed by atoms with Crippen molar-refractivity contribution in [3.63, 3.8) is 0 Å². The molecule has 1 aliphatic carbocycles. The normalized spacial score (nSPS) is 14.9. The molecule has 0 bridgehead atoms. The first-order chi connectivity index (χ1) is 21.4. The molecular formula is C34H43N7O3Si. The molecule has 5 rings (SSSR count). The number of carbonyl (C=O) groups excluding carboxylic acids is 2. The van der Waals surface area contributed by atoms with Crippen LogP contribution in [-0.4, -0.2) is 52.1 Å². The summed E-state index contributed by atoms with van der Waals surface area (Å²) in [6, 6.07) is 17.3. The Morgan fingerprint density at radius 2 is 1.91 bits per heavy atom. The van der Waals surface area contributed by atoms with E-state index in [9.17, 15) is 14.9 Å². The summed E-state index contributed by atoms with van der Waals surface area (Å²) in [4.78, 5) is 27.1. The van der Waals surface area contributed by atoms with Crippen molar-refractivity contribution in [2.75, 3.05) is 11.9 Å². The van der Waals surface area contributed by atoms with Crippen LogP contribution in [0, 0.1) is 25.2 Å². The van der Waals surface area contributed by atoms with Crippen molar-refractivity contribution < 1.29 is 15.8 Å². The summed E-state index contributed by atoms with van der Waals surface area (Å²) in [7, 11) is 0.522. The van der Waals surface area contributed by atoms with Crippen LogP contribution in [-0.2, 0) is 29.7 Å². The first-order valence-corrected chi connectivity index (χ1v) is 19.0. The molecule has 0 saturated heterocycles. The second-order valence-electron chi connectivity index (χ2n) is 12.9. The minimum Gasteiger partial charge on any atom is -0.360 e. The maximum Gasteiger partial charge on any atom is 0.270 e. The zero-order valence-electron chi connectivity index (χ0n) is 26.8. The maximum atomic E-state index is 13.9. The fourth-order valence-electron chi connectivity index (χ4n) is 5.92. The number of hydrogen-bond donors (Lipinski definition) is 2. The lowest BCUT2D eigenvalue weighted by Gasteiger charge is -2.25. The summed E-state index contributed by atoms with van der Waals surface area (Å²) < 4.78 is 9.32. The summed E-state index contributed by atoms with van der Waals surface area (Å²) in [5, 5.41) is 24.3. The van der Waals surface area contributed by atoms with Crippen molar-refractivity contribution in [2.24, 2.45) is 7.05 Å². The Morgan fingerprint density at radius 3 is 2.58 bits per heavy atom. The van der Waals surface area contributed by atoms with Gasteiger partial charge in [0.2, 0.25) is 5.91 Å². The van der Waals surface area contributed by atoms with Gasteiger partial charge in [-0.2, -0.15) is 15.5 Å². The van der Waals surface area contributed by atoms with Crippen molar-refractivity contribution in [3.8, 4) is 17.2 Å². The van der Waals surface area contributed by atoms with Gasteiger partial charge in [0.25, 0.3) is 5.91 Å². The quantitative estimate of drug-likeness (QED) is 0.160. The van der Waals surface area contributed by atoms with Crippen LogP contribution in [0.3, 0.4) is 0 Å². The van der Waals surface area contributed by atoms with Gasteiger partial charge < -0.3 is 15.4 Å². The third-order valence-electron chi connectivity index (χ3n) is 8.46. The Hall–Kier alpha value is -4.53. The van der Waals surface area contributed by atoms with Crippen LogP contribution in [0.1, 0.15) is 52.3 Å². The molecule has 11 heteroatoms. The van der Waals surface area contributed by atoms with E-state index in [1.807, 2.05) is 54.9 Å². The van der Waals surface area contributed by atoms with Gasteiger partial charge in [0.1, 0.15) is 18.5 Å². The van der Waals surface area contributed by atoms with Crippen molar-refractivity contribution in [1.29, 1.82) is 5.26 Å². The average Bonchev–Trinajstić information content (AvgIpc) is 3.70. The monoisotopic (exact) mass is 625 g/mol. The minimum atomic E-state index is -1.16. The summed E-state index contributed by atoms with van der Waals surface area (Å²) in [5.41, 5.74) is 7.47. The number of aromatic nitrogens is 4. The summed E-state index contributed by atoms with van der Waals surface area (Å²) in [5.74, 6) is -0.995. The van der Waals surface area contributed by atoms with E-state index in [2.05, 4.69) is 41.4 Å². The Labute approximate surface area is 266 Å². The fourth-order valence-corrected chi connectivity index (χ4v) is 6.68. The summed E-state index contributed by atoms with van der Waals surface area (Å²) >= 11 is 0. The third-order valence-corrected chi connectivity index (χ3v) is 10.2. The SMILES string of the molecule is Cc1nn(COCC[Si](C)(C)C)c(C)c1-c1ccc(NC(=O)[C@@H](NC(=O)c2ccnn2C)[C@H]2CCc3ccc(C#N)cc32)cc1.[HH]. The number of nitrogens with one attached hydrogen (secondary N) is 2. The molecule has 2 aromatic heterocycles. The van der Waals surface area contributed by atoms with Crippen molar-refractivity contribution in [2.45, 2.75) is 71.1 Å². The first kappa shape index (κ1) is 31.9. The number of nitrogens with zero attached hydrogens (tertiary/aromatic N) is 5. The lowest BCUT2D eigenvalue weighted by molar-refractivity contribution is -0.118. The molecule has 0 fully saturated rings. The molecular weight excluding hydrogens is 583 g/mol. The van der Waals surface area contributed by atoms with E-state index in [0.717, 1.165) is 52.7 Å². The zero-order valence-corrected chi connectivity index (χ0v) is 27.8. The van der Waals surface area contributed by atoms with E-state index in [1.54, 1.807) is 25.4 Å². The van der Waals surface area contributed by atoms with Gasteiger partial charge in [-0.25, -0.2) is 4.68 Å². The van der Waals surface area contributed by atoms with Crippen LogP contribution in [0.5, 0.6) is 0 Å². The first-order valence-electron chi connectivity index (χ1n) is 15.3. The van der Waals surface area contributed by atoms with E-state index in [4.69, 9.17) is 9.84 Å². The highest BCUT2D eigenvalue weighted by Crippen LogP contribution is 2.37.